The molecule has 15 nitrogen and oxygen atoms in total. The molecular formula is C36H49N9O6. The molecule has 3 aromatic rings. The number of nitrogens with one attached hydrogen (secondary N) is 5. The predicted molar refractivity (Wildman–Crippen MR) is 189 cm³/mol. The highest BCUT2D eigenvalue weighted by Gasteiger charge is 2.32. The molecule has 3 heterocycles. The van der Waals surface area contributed by atoms with Gasteiger partial charge in [-0.1, -0.05) is 47.7 Å². The van der Waals surface area contributed by atoms with E-state index in [4.69, 9.17) is 4.74 Å². The Hall–Kier alpha value is -5.31. The Morgan fingerprint density at radius 3 is 2.33 bits per heavy atom. The number of amides is 5. The average Bonchev–Trinajstić information content (AvgIpc) is 3.58. The van der Waals surface area contributed by atoms with E-state index in [-0.39, 0.29) is 31.8 Å². The lowest BCUT2D eigenvalue weighted by molar-refractivity contribution is -0.137. The summed E-state index contributed by atoms with van der Waals surface area (Å²) in [6.45, 7) is 8.44. The maximum absolute atomic E-state index is 14.0. The van der Waals surface area contributed by atoms with Crippen LogP contribution in [-0.2, 0) is 49.8 Å². The van der Waals surface area contributed by atoms with Crippen molar-refractivity contribution in [2.45, 2.75) is 83.7 Å². The molecular weight excluding hydrogens is 654 g/mol. The van der Waals surface area contributed by atoms with Gasteiger partial charge in [0.05, 0.1) is 18.3 Å². The number of carbonyl (C=O) groups excluding carboxylic acids is 5. The van der Waals surface area contributed by atoms with E-state index in [1.165, 1.54) is 6.92 Å². The first kappa shape index (κ1) is 38.5. The number of carbonyl (C=O) groups is 5. The normalized spacial score (nSPS) is 21.1. The minimum Gasteiger partial charge on any atom is -0.492 e. The standard InChI is InChI=1S/C36H49N9O6/c1-6-44(7-2)36(50)31-20-26-13-15-28(16-14-26)51-18-17-45-22-27(42-43-45)21-30(40-32(46)23(3)37-5)34(48)38-24(4)33(47)39-29(35(49)41-31)19-25-11-9-8-10-12-25/h8-16,22-24,29-31,37H,6-7,17-21H2,1-5H3,(H,38,48)(H,39,47)(H,40,46)(H,41,49). The van der Waals surface area contributed by atoms with Gasteiger partial charge in [0.1, 0.15) is 36.5 Å². The van der Waals surface area contributed by atoms with Crippen molar-refractivity contribution in [2.24, 2.45) is 0 Å². The smallest absolute Gasteiger partial charge is 0.245 e. The number of aromatic nitrogens is 3. The third-order valence-electron chi connectivity index (χ3n) is 8.77. The van der Waals surface area contributed by atoms with E-state index in [9.17, 15) is 24.0 Å². The number of hydrogen-bond donors (Lipinski definition) is 5. The van der Waals surface area contributed by atoms with Crippen LogP contribution in [0.3, 0.4) is 0 Å². The van der Waals surface area contributed by atoms with Gasteiger partial charge >= 0.3 is 0 Å². The largest absolute Gasteiger partial charge is 0.492 e. The summed E-state index contributed by atoms with van der Waals surface area (Å²) in [6, 6.07) is 11.7. The van der Waals surface area contributed by atoms with Crippen LogP contribution in [0.4, 0.5) is 0 Å². The second kappa shape index (κ2) is 18.6. The minimum absolute atomic E-state index is 0.00561. The maximum Gasteiger partial charge on any atom is 0.245 e. The van der Waals surface area contributed by atoms with E-state index in [1.54, 1.807) is 41.9 Å². The first-order valence-electron chi connectivity index (χ1n) is 17.3. The number of benzene rings is 2. The van der Waals surface area contributed by atoms with Crippen molar-refractivity contribution in [3.8, 4) is 5.75 Å². The van der Waals surface area contributed by atoms with Crippen LogP contribution < -0.4 is 31.3 Å². The van der Waals surface area contributed by atoms with Gasteiger partial charge in [0.2, 0.25) is 29.5 Å². The highest BCUT2D eigenvalue weighted by molar-refractivity contribution is 5.96. The van der Waals surface area contributed by atoms with Gasteiger partial charge in [-0.05, 0) is 58.0 Å². The summed E-state index contributed by atoms with van der Waals surface area (Å²) >= 11 is 0. The maximum atomic E-state index is 14.0. The van der Waals surface area contributed by atoms with E-state index in [0.717, 1.165) is 11.1 Å². The topological polar surface area (TPSA) is 189 Å². The molecule has 0 spiro atoms. The van der Waals surface area contributed by atoms with Gasteiger partial charge in [0, 0.05) is 38.5 Å². The molecule has 2 aliphatic rings. The fourth-order valence-corrected chi connectivity index (χ4v) is 5.57. The monoisotopic (exact) mass is 703 g/mol. The molecule has 51 heavy (non-hydrogen) atoms. The van der Waals surface area contributed by atoms with Crippen LogP contribution in [0.15, 0.2) is 60.8 Å². The summed E-state index contributed by atoms with van der Waals surface area (Å²) < 4.78 is 7.50. The van der Waals surface area contributed by atoms with Crippen LogP contribution >= 0.6 is 0 Å². The summed E-state index contributed by atoms with van der Waals surface area (Å²) in [5.41, 5.74) is 2.04. The average molecular weight is 704 g/mol. The van der Waals surface area contributed by atoms with E-state index in [0.29, 0.717) is 31.1 Å². The number of hydrogen-bond acceptors (Lipinski definition) is 9. The molecule has 0 saturated carbocycles. The lowest BCUT2D eigenvalue weighted by Crippen LogP contribution is -2.59. The van der Waals surface area contributed by atoms with Gasteiger partial charge < -0.3 is 36.2 Å². The Morgan fingerprint density at radius 1 is 0.961 bits per heavy atom. The summed E-state index contributed by atoms with van der Waals surface area (Å²) in [5, 5.41) is 22.3. The molecule has 2 aliphatic heterocycles. The van der Waals surface area contributed by atoms with Gasteiger partial charge in [-0.2, -0.15) is 0 Å². The quantitative estimate of drug-likeness (QED) is 0.203. The first-order chi connectivity index (χ1) is 24.5. The predicted octanol–water partition coefficient (Wildman–Crippen LogP) is 0.134. The van der Waals surface area contributed by atoms with Gasteiger partial charge in [-0.15, -0.1) is 5.10 Å². The fraction of sp³-hybridized carbons (Fsp3) is 0.472. The molecule has 0 fully saturated rings. The van der Waals surface area contributed by atoms with Crippen molar-refractivity contribution < 1.29 is 28.7 Å². The minimum atomic E-state index is -1.10. The molecule has 5 amide bonds. The van der Waals surface area contributed by atoms with Crippen LogP contribution in [-0.4, -0.2) is 106 Å². The Kier molecular flexibility index (Phi) is 14.1. The molecule has 1 aromatic heterocycles. The molecule has 5 unspecified atom stereocenters. The van der Waals surface area contributed by atoms with Gasteiger partial charge in [0.15, 0.2) is 0 Å². The SMILES string of the molecule is CCN(CC)C(=O)C1Cc2ccc(cc2)OCCn2cc(nn2)CC(NC(=O)C(C)NC)C(=O)NC(C)C(=O)NC(Cc2ccccc2)C(=O)N1. The van der Waals surface area contributed by atoms with Crippen LogP contribution in [0.1, 0.15) is 44.5 Å². The zero-order chi connectivity index (χ0) is 36.9. The zero-order valence-corrected chi connectivity index (χ0v) is 29.8. The van der Waals surface area contributed by atoms with Crippen LogP contribution in [0.25, 0.3) is 0 Å². The highest BCUT2D eigenvalue weighted by Crippen LogP contribution is 2.15. The second-order valence-corrected chi connectivity index (χ2v) is 12.5. The Morgan fingerprint density at radius 2 is 1.67 bits per heavy atom. The van der Waals surface area contributed by atoms with Gasteiger partial charge in [-0.25, -0.2) is 4.68 Å². The Balaban J connectivity index is 1.67. The van der Waals surface area contributed by atoms with E-state index < -0.39 is 53.8 Å². The number of likely N-dealkylation sites (N-methyl/N-ethyl adjacent to an activating group) is 2. The summed E-state index contributed by atoms with van der Waals surface area (Å²) in [7, 11) is 1.63. The van der Waals surface area contributed by atoms with Crippen molar-refractivity contribution in [1.82, 2.24) is 46.5 Å². The molecule has 5 atom stereocenters. The third kappa shape index (κ3) is 11.1. The number of rotatable bonds is 8. The number of fused-ring (bicyclic) bond motifs is 15. The molecule has 274 valence electrons. The molecule has 0 radical (unpaired) electrons. The van der Waals surface area contributed by atoms with E-state index >= 15 is 0 Å². The Bertz CT molecular complexity index is 1630. The lowest BCUT2D eigenvalue weighted by atomic mass is 10.0. The fourth-order valence-electron chi connectivity index (χ4n) is 5.57. The molecule has 0 saturated heterocycles. The first-order valence-corrected chi connectivity index (χ1v) is 17.3. The zero-order valence-electron chi connectivity index (χ0n) is 29.8. The second-order valence-electron chi connectivity index (χ2n) is 12.5. The van der Waals surface area contributed by atoms with Crippen molar-refractivity contribution in [1.29, 1.82) is 0 Å². The van der Waals surface area contributed by atoms with Crippen LogP contribution in [0.5, 0.6) is 5.75 Å². The molecule has 15 heteroatoms. The Labute approximate surface area is 298 Å². The molecule has 5 N–H and O–H groups in total. The summed E-state index contributed by atoms with van der Waals surface area (Å²) in [6.07, 6.45) is 2.02. The molecule has 2 aromatic carbocycles. The van der Waals surface area contributed by atoms with Crippen molar-refractivity contribution >= 4 is 29.5 Å². The van der Waals surface area contributed by atoms with E-state index in [2.05, 4.69) is 36.9 Å². The number of nitrogens with zero attached hydrogens (tertiary/aromatic N) is 4. The van der Waals surface area contributed by atoms with Crippen LogP contribution in [0.2, 0.25) is 0 Å². The molecule has 0 aliphatic carbocycles. The molecule has 4 bridgehead atoms. The summed E-state index contributed by atoms with van der Waals surface area (Å²) in [5.74, 6) is -1.85. The third-order valence-corrected chi connectivity index (χ3v) is 8.77. The van der Waals surface area contributed by atoms with Crippen molar-refractivity contribution in [3.63, 3.8) is 0 Å². The van der Waals surface area contributed by atoms with Crippen LogP contribution in [0, 0.1) is 0 Å². The number of ether oxygens (including phenoxy) is 1. The van der Waals surface area contributed by atoms with E-state index in [1.807, 2.05) is 56.3 Å². The highest BCUT2D eigenvalue weighted by atomic mass is 16.5. The van der Waals surface area contributed by atoms with Crippen molar-refractivity contribution in [2.75, 3.05) is 26.7 Å². The lowest BCUT2D eigenvalue weighted by Gasteiger charge is -2.28. The van der Waals surface area contributed by atoms with Crippen molar-refractivity contribution in [3.05, 3.63) is 77.6 Å². The summed E-state index contributed by atoms with van der Waals surface area (Å²) in [4.78, 5) is 69.4. The molecule has 5 rings (SSSR count). The van der Waals surface area contributed by atoms with Gasteiger partial charge in [-0.3, -0.25) is 24.0 Å². The van der Waals surface area contributed by atoms with Gasteiger partial charge in [0.25, 0.3) is 0 Å².